The van der Waals surface area contributed by atoms with E-state index in [0.717, 1.165) is 27.5 Å². The molecule has 0 fully saturated rings. The molecule has 4 heterocycles. The molecule has 0 spiro atoms. The van der Waals surface area contributed by atoms with Crippen molar-refractivity contribution in [2.75, 3.05) is 0 Å². The second-order valence-electron chi connectivity index (χ2n) is 4.51. The number of fused-ring (bicyclic) bond motifs is 3. The molecule has 1 N–H and O–H groups in total. The summed E-state index contributed by atoms with van der Waals surface area (Å²) in [5.74, 6) is -0.496. The van der Waals surface area contributed by atoms with Gasteiger partial charge in [-0.05, 0) is 30.3 Å². The van der Waals surface area contributed by atoms with Crippen molar-refractivity contribution in [3.63, 3.8) is 0 Å². The molecular weight excluding hydrogens is 255 g/mol. The van der Waals surface area contributed by atoms with Gasteiger partial charge in [0.2, 0.25) is 5.95 Å². The lowest BCUT2D eigenvalue weighted by Gasteiger charge is -1.99. The first kappa shape index (κ1) is 11.0. The van der Waals surface area contributed by atoms with E-state index in [1.807, 2.05) is 18.2 Å². The lowest BCUT2D eigenvalue weighted by atomic mass is 10.1. The highest BCUT2D eigenvalue weighted by atomic mass is 19.1. The second-order valence-corrected chi connectivity index (χ2v) is 4.51. The van der Waals surface area contributed by atoms with Crippen LogP contribution in [-0.4, -0.2) is 19.9 Å². The third kappa shape index (κ3) is 1.64. The minimum Gasteiger partial charge on any atom is -0.338 e. The normalized spacial score (nSPS) is 11.2. The number of halogens is 1. The van der Waals surface area contributed by atoms with Crippen LogP contribution in [0.1, 0.15) is 0 Å². The van der Waals surface area contributed by atoms with Gasteiger partial charge in [0.05, 0.1) is 17.4 Å². The van der Waals surface area contributed by atoms with Gasteiger partial charge in [0.1, 0.15) is 5.65 Å². The summed E-state index contributed by atoms with van der Waals surface area (Å²) in [7, 11) is 0. The standard InChI is InChI=1S/C15H9FN4/c16-14-4-3-10-11-6-12(9-2-1-5-17-7-9)18-8-13(11)19-15(10)20-14/h1-8H,(H,19,20). The molecule has 0 saturated carbocycles. The number of rotatable bonds is 1. The van der Waals surface area contributed by atoms with Gasteiger partial charge in [-0.1, -0.05) is 0 Å². The molecule has 20 heavy (non-hydrogen) atoms. The van der Waals surface area contributed by atoms with Crippen molar-refractivity contribution in [3.8, 4) is 11.3 Å². The molecule has 4 rings (SSSR count). The van der Waals surface area contributed by atoms with Crippen molar-refractivity contribution >= 4 is 21.9 Å². The molecule has 0 amide bonds. The summed E-state index contributed by atoms with van der Waals surface area (Å²) in [5, 5.41) is 1.86. The molecule has 4 nitrogen and oxygen atoms in total. The smallest absolute Gasteiger partial charge is 0.214 e. The Labute approximate surface area is 113 Å². The lowest BCUT2D eigenvalue weighted by Crippen LogP contribution is -1.83. The van der Waals surface area contributed by atoms with E-state index in [2.05, 4.69) is 19.9 Å². The van der Waals surface area contributed by atoms with Crippen LogP contribution in [0.2, 0.25) is 0 Å². The minimum absolute atomic E-state index is 0.496. The number of nitrogens with one attached hydrogen (secondary N) is 1. The van der Waals surface area contributed by atoms with E-state index in [0.29, 0.717) is 5.65 Å². The summed E-state index contributed by atoms with van der Waals surface area (Å²) < 4.78 is 13.2. The Morgan fingerprint density at radius 2 is 2.00 bits per heavy atom. The van der Waals surface area contributed by atoms with Gasteiger partial charge < -0.3 is 4.98 Å². The van der Waals surface area contributed by atoms with Gasteiger partial charge in [-0.3, -0.25) is 9.97 Å². The Morgan fingerprint density at radius 1 is 1.05 bits per heavy atom. The first-order valence-electron chi connectivity index (χ1n) is 6.16. The van der Waals surface area contributed by atoms with Crippen LogP contribution in [0.4, 0.5) is 4.39 Å². The van der Waals surface area contributed by atoms with Crippen LogP contribution < -0.4 is 0 Å². The van der Waals surface area contributed by atoms with E-state index in [9.17, 15) is 4.39 Å². The Morgan fingerprint density at radius 3 is 2.85 bits per heavy atom. The Bertz CT molecular complexity index is 915. The molecule has 96 valence electrons. The number of hydrogen-bond acceptors (Lipinski definition) is 3. The molecule has 0 radical (unpaired) electrons. The van der Waals surface area contributed by atoms with Crippen LogP contribution >= 0.6 is 0 Å². The topological polar surface area (TPSA) is 54.5 Å². The Balaban J connectivity index is 2.01. The van der Waals surface area contributed by atoms with Gasteiger partial charge in [0.25, 0.3) is 0 Å². The molecule has 0 atom stereocenters. The van der Waals surface area contributed by atoms with Crippen molar-refractivity contribution in [2.45, 2.75) is 0 Å². The van der Waals surface area contributed by atoms with Gasteiger partial charge in [0.15, 0.2) is 0 Å². The Hall–Kier alpha value is -2.82. The fraction of sp³-hybridized carbons (Fsp3) is 0. The summed E-state index contributed by atoms with van der Waals surface area (Å²) in [5.41, 5.74) is 3.14. The first-order chi connectivity index (χ1) is 9.81. The molecule has 0 unspecified atom stereocenters. The molecule has 0 aliphatic rings. The average molecular weight is 264 g/mol. The second kappa shape index (κ2) is 4.09. The number of pyridine rings is 3. The van der Waals surface area contributed by atoms with Gasteiger partial charge in [-0.25, -0.2) is 4.98 Å². The van der Waals surface area contributed by atoms with Crippen molar-refractivity contribution in [1.29, 1.82) is 0 Å². The SMILES string of the molecule is Fc1ccc2c(n1)[nH]c1cnc(-c3cccnc3)cc12. The maximum atomic E-state index is 13.2. The zero-order valence-corrected chi connectivity index (χ0v) is 10.3. The summed E-state index contributed by atoms with van der Waals surface area (Å²) in [6.07, 6.45) is 5.22. The average Bonchev–Trinajstić information content (AvgIpc) is 2.84. The largest absolute Gasteiger partial charge is 0.338 e. The zero-order valence-electron chi connectivity index (χ0n) is 10.3. The molecule has 5 heteroatoms. The van der Waals surface area contributed by atoms with Crippen LogP contribution in [0, 0.1) is 5.95 Å². The van der Waals surface area contributed by atoms with Crippen molar-refractivity contribution in [2.24, 2.45) is 0 Å². The molecule has 0 aromatic carbocycles. The first-order valence-corrected chi connectivity index (χ1v) is 6.16. The van der Waals surface area contributed by atoms with Crippen LogP contribution in [0.15, 0.2) is 48.9 Å². The number of aromatic nitrogens is 4. The van der Waals surface area contributed by atoms with Crippen LogP contribution in [0.25, 0.3) is 33.2 Å². The van der Waals surface area contributed by atoms with E-state index < -0.39 is 5.95 Å². The molecule has 4 aromatic rings. The molecule has 0 aliphatic heterocycles. The van der Waals surface area contributed by atoms with Gasteiger partial charge in [-0.2, -0.15) is 4.39 Å². The highest BCUT2D eigenvalue weighted by molar-refractivity contribution is 6.06. The monoisotopic (exact) mass is 264 g/mol. The van der Waals surface area contributed by atoms with Gasteiger partial charge in [0, 0.05) is 28.7 Å². The lowest BCUT2D eigenvalue weighted by molar-refractivity contribution is 0.588. The third-order valence-electron chi connectivity index (χ3n) is 3.27. The highest BCUT2D eigenvalue weighted by Crippen LogP contribution is 2.27. The molecule has 4 aromatic heterocycles. The van der Waals surface area contributed by atoms with Crippen molar-refractivity contribution in [3.05, 3.63) is 54.9 Å². The fourth-order valence-corrected chi connectivity index (χ4v) is 2.33. The Kier molecular flexibility index (Phi) is 2.26. The number of H-pyrrole nitrogens is 1. The van der Waals surface area contributed by atoms with Crippen molar-refractivity contribution < 1.29 is 4.39 Å². The maximum absolute atomic E-state index is 13.2. The molecular formula is C15H9FN4. The molecule has 0 saturated heterocycles. The van der Waals surface area contributed by atoms with E-state index in [-0.39, 0.29) is 0 Å². The summed E-state index contributed by atoms with van der Waals surface area (Å²) in [6.45, 7) is 0. The molecule has 0 bridgehead atoms. The minimum atomic E-state index is -0.496. The number of nitrogens with zero attached hydrogens (tertiary/aromatic N) is 3. The van der Waals surface area contributed by atoms with Crippen molar-refractivity contribution in [1.82, 2.24) is 19.9 Å². The van der Waals surface area contributed by atoms with Crippen LogP contribution in [0.3, 0.4) is 0 Å². The predicted molar refractivity (Wildman–Crippen MR) is 74.6 cm³/mol. The third-order valence-corrected chi connectivity index (χ3v) is 3.27. The summed E-state index contributed by atoms with van der Waals surface area (Å²) in [6, 6.07) is 8.87. The maximum Gasteiger partial charge on any atom is 0.214 e. The quantitative estimate of drug-likeness (QED) is 0.536. The summed E-state index contributed by atoms with van der Waals surface area (Å²) >= 11 is 0. The van der Waals surface area contributed by atoms with E-state index in [4.69, 9.17) is 0 Å². The van der Waals surface area contributed by atoms with Gasteiger partial charge >= 0.3 is 0 Å². The predicted octanol–water partition coefficient (Wildman–Crippen LogP) is 3.31. The van der Waals surface area contributed by atoms with E-state index >= 15 is 0 Å². The van der Waals surface area contributed by atoms with Crippen LogP contribution in [-0.2, 0) is 0 Å². The number of hydrogen-bond donors (Lipinski definition) is 1. The number of aromatic amines is 1. The summed E-state index contributed by atoms with van der Waals surface area (Å²) in [4.78, 5) is 15.4. The fourth-order valence-electron chi connectivity index (χ4n) is 2.33. The molecule has 0 aliphatic carbocycles. The zero-order chi connectivity index (χ0) is 13.5. The van der Waals surface area contributed by atoms with Gasteiger partial charge in [-0.15, -0.1) is 0 Å². The van der Waals surface area contributed by atoms with Crippen LogP contribution in [0.5, 0.6) is 0 Å². The van der Waals surface area contributed by atoms with E-state index in [1.54, 1.807) is 24.7 Å². The van der Waals surface area contributed by atoms with E-state index in [1.165, 1.54) is 6.07 Å². The highest BCUT2D eigenvalue weighted by Gasteiger charge is 2.08.